The number of amides is 2. The summed E-state index contributed by atoms with van der Waals surface area (Å²) in [6, 6.07) is 6.60. The van der Waals surface area contributed by atoms with E-state index >= 15 is 0 Å². The van der Waals surface area contributed by atoms with Crippen molar-refractivity contribution in [2.75, 3.05) is 19.0 Å². The Morgan fingerprint density at radius 1 is 1.10 bits per heavy atom. The number of nitrogens with zero attached hydrogens (tertiary/aromatic N) is 2. The van der Waals surface area contributed by atoms with Crippen molar-refractivity contribution in [3.8, 4) is 16.3 Å². The first-order valence-electron chi connectivity index (χ1n) is 10.1. The fraction of sp³-hybridized carbons (Fsp3) is 0.476. The number of hydrogen-bond acceptors (Lipinski definition) is 8. The van der Waals surface area contributed by atoms with Gasteiger partial charge in [-0.05, 0) is 37.1 Å². The molecule has 168 valence electrons. The molecule has 2 unspecified atom stereocenters. The van der Waals surface area contributed by atoms with Gasteiger partial charge in [-0.3, -0.25) is 19.7 Å². The van der Waals surface area contributed by atoms with Crippen molar-refractivity contribution in [3.63, 3.8) is 0 Å². The second-order valence-corrected chi connectivity index (χ2v) is 7.84. The maximum absolute atomic E-state index is 12.8. The summed E-state index contributed by atoms with van der Waals surface area (Å²) in [5.41, 5.74) is 0.851. The van der Waals surface area contributed by atoms with Gasteiger partial charge in [0.15, 0.2) is 0 Å². The first kappa shape index (κ1) is 24.3. The number of hydrogen-bond donors (Lipinski definition) is 2. The minimum absolute atomic E-state index is 0.0316. The van der Waals surface area contributed by atoms with Crippen molar-refractivity contribution < 1.29 is 23.9 Å². The summed E-state index contributed by atoms with van der Waals surface area (Å²) in [6.07, 6.45) is 0.610. The van der Waals surface area contributed by atoms with Gasteiger partial charge in [0.1, 0.15) is 16.8 Å². The van der Waals surface area contributed by atoms with Gasteiger partial charge in [0.25, 0.3) is 0 Å². The Morgan fingerprint density at radius 3 is 2.42 bits per heavy atom. The van der Waals surface area contributed by atoms with Crippen LogP contribution >= 0.6 is 11.3 Å². The third-order valence-electron chi connectivity index (χ3n) is 4.67. The molecule has 1 aromatic heterocycles. The Hall–Kier alpha value is -3.01. The van der Waals surface area contributed by atoms with Crippen molar-refractivity contribution in [1.29, 1.82) is 0 Å². The molecule has 0 fully saturated rings. The van der Waals surface area contributed by atoms with Crippen LogP contribution < -0.4 is 15.4 Å². The molecule has 0 bridgehead atoms. The predicted octanol–water partition coefficient (Wildman–Crippen LogP) is 3.03. The van der Waals surface area contributed by atoms with E-state index in [9.17, 15) is 14.4 Å². The SMILES string of the molecule is CCOC(=O)CCC(=O)NC(C(=O)Nc1nnc(-c2ccc(OC)cc2)s1)C(C)CC. The number of aromatic nitrogens is 2. The molecule has 2 amide bonds. The van der Waals surface area contributed by atoms with Gasteiger partial charge in [-0.1, -0.05) is 31.6 Å². The molecule has 0 aliphatic rings. The molecule has 0 radical (unpaired) electrons. The molecular weight excluding hydrogens is 420 g/mol. The van der Waals surface area contributed by atoms with Crippen LogP contribution in [0.5, 0.6) is 5.75 Å². The number of benzene rings is 1. The zero-order valence-corrected chi connectivity index (χ0v) is 19.0. The lowest BCUT2D eigenvalue weighted by Gasteiger charge is -2.22. The van der Waals surface area contributed by atoms with Crippen LogP contribution in [0.3, 0.4) is 0 Å². The summed E-state index contributed by atoms with van der Waals surface area (Å²) in [4.78, 5) is 36.5. The third-order valence-corrected chi connectivity index (χ3v) is 5.55. The molecule has 10 heteroatoms. The Kier molecular flexibility index (Phi) is 9.39. The number of esters is 1. The lowest BCUT2D eigenvalue weighted by molar-refractivity contribution is -0.144. The smallest absolute Gasteiger partial charge is 0.306 e. The maximum Gasteiger partial charge on any atom is 0.306 e. The molecule has 1 heterocycles. The van der Waals surface area contributed by atoms with Gasteiger partial charge in [0.05, 0.1) is 20.1 Å². The van der Waals surface area contributed by atoms with Gasteiger partial charge < -0.3 is 14.8 Å². The number of carbonyl (C=O) groups is 3. The lowest BCUT2D eigenvalue weighted by Crippen LogP contribution is -2.47. The highest BCUT2D eigenvalue weighted by atomic mass is 32.1. The molecule has 2 atom stereocenters. The van der Waals surface area contributed by atoms with Crippen LogP contribution in [0.1, 0.15) is 40.0 Å². The molecule has 2 aromatic rings. The summed E-state index contributed by atoms with van der Waals surface area (Å²) >= 11 is 1.23. The summed E-state index contributed by atoms with van der Waals surface area (Å²) < 4.78 is 9.97. The maximum atomic E-state index is 12.8. The minimum atomic E-state index is -0.756. The largest absolute Gasteiger partial charge is 0.497 e. The molecule has 0 saturated heterocycles. The summed E-state index contributed by atoms with van der Waals surface area (Å²) in [7, 11) is 1.59. The zero-order valence-electron chi connectivity index (χ0n) is 18.1. The van der Waals surface area contributed by atoms with Crippen LogP contribution in [-0.2, 0) is 19.1 Å². The fourth-order valence-electron chi connectivity index (χ4n) is 2.70. The number of ether oxygens (including phenoxy) is 2. The quantitative estimate of drug-likeness (QED) is 0.507. The molecule has 0 aliphatic heterocycles. The van der Waals surface area contributed by atoms with Crippen LogP contribution in [0, 0.1) is 5.92 Å². The van der Waals surface area contributed by atoms with Crippen molar-refractivity contribution in [1.82, 2.24) is 15.5 Å². The van der Waals surface area contributed by atoms with Crippen LogP contribution in [0.15, 0.2) is 24.3 Å². The van der Waals surface area contributed by atoms with Crippen LogP contribution in [0.2, 0.25) is 0 Å². The molecule has 2 N–H and O–H groups in total. The van der Waals surface area contributed by atoms with E-state index in [1.165, 1.54) is 11.3 Å². The molecule has 0 saturated carbocycles. The van der Waals surface area contributed by atoms with Gasteiger partial charge in [-0.25, -0.2) is 0 Å². The van der Waals surface area contributed by atoms with E-state index in [-0.39, 0.29) is 37.2 Å². The first-order chi connectivity index (χ1) is 14.9. The van der Waals surface area contributed by atoms with E-state index in [4.69, 9.17) is 9.47 Å². The van der Waals surface area contributed by atoms with Gasteiger partial charge in [-0.15, -0.1) is 10.2 Å². The van der Waals surface area contributed by atoms with Crippen LogP contribution in [0.4, 0.5) is 5.13 Å². The predicted molar refractivity (Wildman–Crippen MR) is 118 cm³/mol. The molecule has 0 aliphatic carbocycles. The van der Waals surface area contributed by atoms with Crippen molar-refractivity contribution in [2.24, 2.45) is 5.92 Å². The molecule has 31 heavy (non-hydrogen) atoms. The third kappa shape index (κ3) is 7.32. The van der Waals surface area contributed by atoms with Crippen LogP contribution in [-0.4, -0.2) is 47.7 Å². The number of nitrogens with one attached hydrogen (secondary N) is 2. The molecule has 2 rings (SSSR count). The van der Waals surface area contributed by atoms with Crippen molar-refractivity contribution >= 4 is 34.3 Å². The van der Waals surface area contributed by atoms with Gasteiger partial charge in [0, 0.05) is 12.0 Å². The fourth-order valence-corrected chi connectivity index (χ4v) is 3.46. The zero-order chi connectivity index (χ0) is 22.8. The second kappa shape index (κ2) is 12.0. The Labute approximate surface area is 185 Å². The molecule has 9 nitrogen and oxygen atoms in total. The first-order valence-corrected chi connectivity index (χ1v) is 10.9. The number of anilines is 1. The monoisotopic (exact) mass is 448 g/mol. The van der Waals surface area contributed by atoms with E-state index in [0.29, 0.717) is 16.6 Å². The molecular formula is C21H28N4O5S. The van der Waals surface area contributed by atoms with E-state index in [1.807, 2.05) is 38.1 Å². The van der Waals surface area contributed by atoms with Crippen LogP contribution in [0.25, 0.3) is 10.6 Å². The second-order valence-electron chi connectivity index (χ2n) is 6.87. The van der Waals surface area contributed by atoms with E-state index in [1.54, 1.807) is 14.0 Å². The van der Waals surface area contributed by atoms with E-state index < -0.39 is 12.0 Å². The standard InChI is InChI=1S/C21H28N4O5S/c1-5-13(3)18(22-16(26)11-12-17(27)30-6-2)19(28)23-21-25-24-20(31-21)14-7-9-15(29-4)10-8-14/h7-10,13,18H,5-6,11-12H2,1-4H3,(H,22,26)(H,23,25,28). The Morgan fingerprint density at radius 2 is 1.81 bits per heavy atom. The highest BCUT2D eigenvalue weighted by Gasteiger charge is 2.27. The average molecular weight is 449 g/mol. The highest BCUT2D eigenvalue weighted by molar-refractivity contribution is 7.18. The summed E-state index contributed by atoms with van der Waals surface area (Å²) in [6.45, 7) is 5.77. The average Bonchev–Trinajstić information content (AvgIpc) is 3.24. The summed E-state index contributed by atoms with van der Waals surface area (Å²) in [5, 5.41) is 14.6. The van der Waals surface area contributed by atoms with Gasteiger partial charge in [-0.2, -0.15) is 0 Å². The van der Waals surface area contributed by atoms with Crippen molar-refractivity contribution in [2.45, 2.75) is 46.1 Å². The summed E-state index contributed by atoms with van der Waals surface area (Å²) in [5.74, 6) is -0.583. The lowest BCUT2D eigenvalue weighted by atomic mass is 9.98. The minimum Gasteiger partial charge on any atom is -0.497 e. The highest BCUT2D eigenvalue weighted by Crippen LogP contribution is 2.28. The molecule has 1 aromatic carbocycles. The van der Waals surface area contributed by atoms with Crippen molar-refractivity contribution in [3.05, 3.63) is 24.3 Å². The van der Waals surface area contributed by atoms with Gasteiger partial charge in [0.2, 0.25) is 16.9 Å². The number of rotatable bonds is 11. The van der Waals surface area contributed by atoms with E-state index in [2.05, 4.69) is 20.8 Å². The normalized spacial score (nSPS) is 12.5. The topological polar surface area (TPSA) is 120 Å². The van der Waals surface area contributed by atoms with Gasteiger partial charge >= 0.3 is 5.97 Å². The Balaban J connectivity index is 2.01. The van der Waals surface area contributed by atoms with E-state index in [0.717, 1.165) is 11.3 Å². The Bertz CT molecular complexity index is 884. The number of methoxy groups -OCH3 is 1. The number of carbonyl (C=O) groups excluding carboxylic acids is 3. The molecule has 0 spiro atoms.